The SMILES string of the molecule is CCCCSCCC(Cl)=CC(Cl)Cl. The van der Waals surface area contributed by atoms with Gasteiger partial charge in [-0.15, -0.1) is 23.2 Å². The molecular formula is C9H15Cl3S. The molecule has 0 aliphatic carbocycles. The summed E-state index contributed by atoms with van der Waals surface area (Å²) in [7, 11) is 0. The Morgan fingerprint density at radius 1 is 1.38 bits per heavy atom. The molecule has 0 spiro atoms. The van der Waals surface area contributed by atoms with E-state index in [1.165, 1.54) is 18.6 Å². The van der Waals surface area contributed by atoms with Gasteiger partial charge in [-0.2, -0.15) is 11.8 Å². The van der Waals surface area contributed by atoms with Gasteiger partial charge in [0.1, 0.15) is 4.84 Å². The fourth-order valence-electron chi connectivity index (χ4n) is 0.738. The summed E-state index contributed by atoms with van der Waals surface area (Å²) >= 11 is 18.9. The first kappa shape index (κ1) is 14.0. The molecule has 13 heavy (non-hydrogen) atoms. The van der Waals surface area contributed by atoms with Gasteiger partial charge in [0.25, 0.3) is 0 Å². The largest absolute Gasteiger partial charge is 0.162 e. The van der Waals surface area contributed by atoms with E-state index in [4.69, 9.17) is 34.8 Å². The summed E-state index contributed by atoms with van der Waals surface area (Å²) in [6, 6.07) is 0. The molecule has 0 aromatic carbocycles. The van der Waals surface area contributed by atoms with Crippen molar-refractivity contribution in [2.45, 2.75) is 31.0 Å². The van der Waals surface area contributed by atoms with Crippen molar-refractivity contribution in [3.63, 3.8) is 0 Å². The highest BCUT2D eigenvalue weighted by Gasteiger charge is 1.97. The summed E-state index contributed by atoms with van der Waals surface area (Å²) in [5, 5.41) is 0.763. The van der Waals surface area contributed by atoms with Crippen LogP contribution in [0, 0.1) is 0 Å². The normalized spacial score (nSPS) is 12.5. The third-order valence-corrected chi connectivity index (χ3v) is 3.07. The molecule has 0 unspecified atom stereocenters. The second kappa shape index (κ2) is 9.51. The van der Waals surface area contributed by atoms with Crippen LogP contribution in [0.25, 0.3) is 0 Å². The third-order valence-electron chi connectivity index (χ3n) is 1.43. The molecule has 0 amide bonds. The quantitative estimate of drug-likeness (QED) is 0.467. The van der Waals surface area contributed by atoms with Crippen LogP contribution in [0.5, 0.6) is 0 Å². The highest BCUT2D eigenvalue weighted by atomic mass is 35.5. The third kappa shape index (κ3) is 10.9. The minimum atomic E-state index is -0.479. The van der Waals surface area contributed by atoms with Crippen LogP contribution in [0.1, 0.15) is 26.2 Å². The Labute approximate surface area is 100 Å². The second-order valence-corrected chi connectivity index (χ2v) is 5.54. The van der Waals surface area contributed by atoms with Crippen LogP contribution in [0.15, 0.2) is 11.1 Å². The topological polar surface area (TPSA) is 0 Å². The van der Waals surface area contributed by atoms with Gasteiger partial charge < -0.3 is 0 Å². The van der Waals surface area contributed by atoms with Gasteiger partial charge in [0, 0.05) is 5.03 Å². The van der Waals surface area contributed by atoms with Gasteiger partial charge in [0.15, 0.2) is 0 Å². The van der Waals surface area contributed by atoms with Crippen molar-refractivity contribution in [2.24, 2.45) is 0 Å². The van der Waals surface area contributed by atoms with E-state index in [1.54, 1.807) is 6.08 Å². The van der Waals surface area contributed by atoms with Crippen molar-refractivity contribution >= 4 is 46.6 Å². The van der Waals surface area contributed by atoms with Crippen molar-refractivity contribution in [3.05, 3.63) is 11.1 Å². The highest BCUT2D eigenvalue weighted by Crippen LogP contribution is 2.17. The lowest BCUT2D eigenvalue weighted by atomic mass is 10.4. The van der Waals surface area contributed by atoms with E-state index in [0.29, 0.717) is 0 Å². The van der Waals surface area contributed by atoms with Gasteiger partial charge >= 0.3 is 0 Å². The first-order valence-electron chi connectivity index (χ1n) is 4.39. The first-order valence-corrected chi connectivity index (χ1v) is 6.79. The minimum absolute atomic E-state index is 0.479. The van der Waals surface area contributed by atoms with Crippen LogP contribution < -0.4 is 0 Å². The van der Waals surface area contributed by atoms with E-state index < -0.39 is 4.84 Å². The number of thioether (sulfide) groups is 1. The van der Waals surface area contributed by atoms with Gasteiger partial charge in [0.2, 0.25) is 0 Å². The number of hydrogen-bond donors (Lipinski definition) is 0. The summed E-state index contributed by atoms with van der Waals surface area (Å²) in [6.45, 7) is 2.19. The van der Waals surface area contributed by atoms with E-state index in [0.717, 1.165) is 17.2 Å². The molecule has 0 atom stereocenters. The van der Waals surface area contributed by atoms with Gasteiger partial charge in [-0.3, -0.25) is 0 Å². The van der Waals surface area contributed by atoms with Crippen LogP contribution in [-0.4, -0.2) is 16.3 Å². The van der Waals surface area contributed by atoms with Crippen molar-refractivity contribution in [2.75, 3.05) is 11.5 Å². The molecule has 0 aliphatic rings. The van der Waals surface area contributed by atoms with Gasteiger partial charge in [-0.1, -0.05) is 24.9 Å². The summed E-state index contributed by atoms with van der Waals surface area (Å²) in [6.07, 6.45) is 5.07. The number of halogens is 3. The molecule has 0 fully saturated rings. The fraction of sp³-hybridized carbons (Fsp3) is 0.778. The van der Waals surface area contributed by atoms with Gasteiger partial charge in [0.05, 0.1) is 0 Å². The number of hydrogen-bond acceptors (Lipinski definition) is 1. The van der Waals surface area contributed by atoms with Crippen LogP contribution in [0.3, 0.4) is 0 Å². The molecule has 0 saturated heterocycles. The molecule has 0 radical (unpaired) electrons. The predicted molar refractivity (Wildman–Crippen MR) is 66.3 cm³/mol. The molecule has 4 heteroatoms. The monoisotopic (exact) mass is 260 g/mol. The molecule has 0 N–H and O–H groups in total. The fourth-order valence-corrected chi connectivity index (χ4v) is 2.57. The lowest BCUT2D eigenvalue weighted by Gasteiger charge is -2.00. The predicted octanol–water partition coefficient (Wildman–Crippen LogP) is 4.84. The maximum absolute atomic E-state index is 5.87. The van der Waals surface area contributed by atoms with Gasteiger partial charge in [-0.05, 0) is 30.4 Å². The average molecular weight is 262 g/mol. The van der Waals surface area contributed by atoms with Crippen LogP contribution in [0.4, 0.5) is 0 Å². The van der Waals surface area contributed by atoms with Gasteiger partial charge in [-0.25, -0.2) is 0 Å². The Morgan fingerprint density at radius 2 is 2.08 bits per heavy atom. The Kier molecular flexibility index (Phi) is 10.2. The lowest BCUT2D eigenvalue weighted by Crippen LogP contribution is -1.86. The Hall–Kier alpha value is 0.960. The van der Waals surface area contributed by atoms with Crippen LogP contribution >= 0.6 is 46.6 Å². The molecule has 0 aromatic rings. The summed E-state index contributed by atoms with van der Waals surface area (Å²) in [5.74, 6) is 2.27. The minimum Gasteiger partial charge on any atom is -0.162 e. The first-order chi connectivity index (χ1) is 6.16. The number of rotatable bonds is 7. The number of unbranched alkanes of at least 4 members (excludes halogenated alkanes) is 1. The zero-order chi connectivity index (χ0) is 10.1. The molecule has 0 aliphatic heterocycles. The molecule has 0 aromatic heterocycles. The van der Waals surface area contributed by atoms with Crippen molar-refractivity contribution in [1.82, 2.24) is 0 Å². The Balaban J connectivity index is 3.31. The summed E-state index contributed by atoms with van der Waals surface area (Å²) in [4.78, 5) is -0.479. The molecule has 0 nitrogen and oxygen atoms in total. The standard InChI is InChI=1S/C9H15Cl3S/c1-2-3-5-13-6-4-8(10)7-9(11)12/h7,9H,2-6H2,1H3. The summed E-state index contributed by atoms with van der Waals surface area (Å²) in [5.41, 5.74) is 0. The van der Waals surface area contributed by atoms with E-state index >= 15 is 0 Å². The highest BCUT2D eigenvalue weighted by molar-refractivity contribution is 7.99. The van der Waals surface area contributed by atoms with Crippen molar-refractivity contribution in [1.29, 1.82) is 0 Å². The molecule has 0 bridgehead atoms. The van der Waals surface area contributed by atoms with Crippen molar-refractivity contribution in [3.8, 4) is 0 Å². The van der Waals surface area contributed by atoms with Crippen LogP contribution in [0.2, 0.25) is 0 Å². The maximum atomic E-state index is 5.87. The number of allylic oxidation sites excluding steroid dienone is 2. The van der Waals surface area contributed by atoms with E-state index in [2.05, 4.69) is 6.92 Å². The second-order valence-electron chi connectivity index (χ2n) is 2.66. The zero-order valence-corrected chi connectivity index (χ0v) is 10.8. The molecule has 78 valence electrons. The molecule has 0 saturated carbocycles. The smallest absolute Gasteiger partial charge is 0.127 e. The molecule has 0 rings (SSSR count). The Morgan fingerprint density at radius 3 is 2.62 bits per heavy atom. The summed E-state index contributed by atoms with van der Waals surface area (Å²) < 4.78 is 0. The maximum Gasteiger partial charge on any atom is 0.127 e. The van der Waals surface area contributed by atoms with Crippen molar-refractivity contribution < 1.29 is 0 Å². The van der Waals surface area contributed by atoms with E-state index in [1.807, 2.05) is 11.8 Å². The Bertz CT molecular complexity index is 146. The zero-order valence-electron chi connectivity index (χ0n) is 7.73. The molecular weight excluding hydrogens is 247 g/mol. The van der Waals surface area contributed by atoms with E-state index in [9.17, 15) is 0 Å². The number of alkyl halides is 2. The van der Waals surface area contributed by atoms with Crippen LogP contribution in [-0.2, 0) is 0 Å². The lowest BCUT2D eigenvalue weighted by molar-refractivity contribution is 0.895. The average Bonchev–Trinajstić information content (AvgIpc) is 2.02. The van der Waals surface area contributed by atoms with E-state index in [-0.39, 0.29) is 0 Å². The molecule has 0 heterocycles.